The summed E-state index contributed by atoms with van der Waals surface area (Å²) in [5.41, 5.74) is 0.233. The molecule has 0 aliphatic rings. The highest BCUT2D eigenvalue weighted by molar-refractivity contribution is 7.92. The van der Waals surface area contributed by atoms with Crippen molar-refractivity contribution in [3.8, 4) is 5.75 Å². The first-order chi connectivity index (χ1) is 10.2. The van der Waals surface area contributed by atoms with Crippen LogP contribution < -0.4 is 14.4 Å². The monoisotopic (exact) mass is 348 g/mol. The number of benzene rings is 1. The summed E-state index contributed by atoms with van der Waals surface area (Å²) < 4.78 is 30.2. The first-order valence-electron chi connectivity index (χ1n) is 6.79. The maximum atomic E-state index is 12.0. The maximum absolute atomic E-state index is 12.0. The third-order valence-corrected chi connectivity index (χ3v) is 4.48. The van der Waals surface area contributed by atoms with E-state index in [1.807, 2.05) is 13.8 Å². The number of ether oxygens (including phenoxy) is 1. The number of rotatable bonds is 7. The predicted molar refractivity (Wildman–Crippen MR) is 88.1 cm³/mol. The predicted octanol–water partition coefficient (Wildman–Crippen LogP) is 2.03. The van der Waals surface area contributed by atoms with Crippen molar-refractivity contribution < 1.29 is 17.9 Å². The van der Waals surface area contributed by atoms with Gasteiger partial charge in [0.05, 0.1) is 19.1 Å². The topological polar surface area (TPSA) is 75.7 Å². The number of nitrogens with one attached hydrogen (secondary N) is 1. The van der Waals surface area contributed by atoms with Gasteiger partial charge in [-0.15, -0.1) is 0 Å². The largest absolute Gasteiger partial charge is 0.495 e. The normalized spacial score (nSPS) is 12.6. The molecule has 1 amide bonds. The minimum absolute atomic E-state index is 0.0323. The molecule has 1 rings (SSSR count). The Morgan fingerprint density at radius 1 is 1.45 bits per heavy atom. The van der Waals surface area contributed by atoms with Crippen molar-refractivity contribution in [1.29, 1.82) is 0 Å². The fourth-order valence-electron chi connectivity index (χ4n) is 1.79. The number of hydrogen-bond acceptors (Lipinski definition) is 4. The number of amides is 1. The fourth-order valence-corrected chi connectivity index (χ4v) is 2.81. The Bertz CT molecular complexity index is 634. The van der Waals surface area contributed by atoms with E-state index >= 15 is 0 Å². The van der Waals surface area contributed by atoms with E-state index in [9.17, 15) is 13.2 Å². The minimum atomic E-state index is -3.67. The lowest BCUT2D eigenvalue weighted by atomic mass is 10.2. The van der Waals surface area contributed by atoms with Gasteiger partial charge in [-0.2, -0.15) is 0 Å². The average Bonchev–Trinajstić information content (AvgIpc) is 2.43. The molecule has 0 heterocycles. The molecule has 0 saturated heterocycles. The van der Waals surface area contributed by atoms with Gasteiger partial charge in [-0.05, 0) is 31.5 Å². The van der Waals surface area contributed by atoms with Crippen LogP contribution in [-0.2, 0) is 14.8 Å². The summed E-state index contributed by atoms with van der Waals surface area (Å²) in [6.45, 7) is 3.45. The molecular formula is C14H21ClN2O4S. The maximum Gasteiger partial charge on any atom is 0.240 e. The van der Waals surface area contributed by atoms with Gasteiger partial charge in [-0.3, -0.25) is 9.10 Å². The van der Waals surface area contributed by atoms with Gasteiger partial charge >= 0.3 is 0 Å². The van der Waals surface area contributed by atoms with E-state index < -0.39 is 10.0 Å². The molecule has 1 aromatic carbocycles. The number of halogens is 1. The lowest BCUT2D eigenvalue weighted by Crippen LogP contribution is -2.43. The Balaban J connectivity index is 3.15. The molecular weight excluding hydrogens is 328 g/mol. The van der Waals surface area contributed by atoms with Crippen molar-refractivity contribution in [2.75, 3.05) is 24.2 Å². The highest BCUT2D eigenvalue weighted by Gasteiger charge is 2.24. The third-order valence-electron chi connectivity index (χ3n) is 3.12. The molecule has 1 aromatic rings. The van der Waals surface area contributed by atoms with Gasteiger partial charge in [0.15, 0.2) is 0 Å². The molecule has 0 aromatic heterocycles. The molecule has 0 aliphatic heterocycles. The van der Waals surface area contributed by atoms with E-state index in [-0.39, 0.29) is 24.2 Å². The molecule has 8 heteroatoms. The van der Waals surface area contributed by atoms with Crippen LogP contribution in [0.3, 0.4) is 0 Å². The Hall–Kier alpha value is -1.47. The van der Waals surface area contributed by atoms with Crippen molar-refractivity contribution in [3.05, 3.63) is 23.2 Å². The van der Waals surface area contributed by atoms with E-state index in [1.165, 1.54) is 13.2 Å². The summed E-state index contributed by atoms with van der Waals surface area (Å²) in [4.78, 5) is 12.0. The number of carbonyl (C=O) groups is 1. The number of nitrogens with zero attached hydrogens (tertiary/aromatic N) is 1. The van der Waals surface area contributed by atoms with Crippen LogP contribution in [0.4, 0.5) is 5.69 Å². The zero-order valence-corrected chi connectivity index (χ0v) is 14.7. The van der Waals surface area contributed by atoms with Gasteiger partial charge < -0.3 is 10.1 Å². The first kappa shape index (κ1) is 18.6. The number of sulfonamides is 1. The molecule has 0 saturated carbocycles. The molecule has 0 bridgehead atoms. The molecule has 124 valence electrons. The van der Waals surface area contributed by atoms with Gasteiger partial charge in [-0.25, -0.2) is 8.42 Å². The second-order valence-electron chi connectivity index (χ2n) is 4.96. The van der Waals surface area contributed by atoms with E-state index in [0.29, 0.717) is 10.8 Å². The van der Waals surface area contributed by atoms with E-state index in [2.05, 4.69) is 5.32 Å². The van der Waals surface area contributed by atoms with E-state index in [1.54, 1.807) is 12.1 Å². The molecule has 22 heavy (non-hydrogen) atoms. The molecule has 0 aliphatic carbocycles. The number of methoxy groups -OCH3 is 1. The third kappa shape index (κ3) is 5.06. The van der Waals surface area contributed by atoms with Crippen LogP contribution in [-0.4, -0.2) is 40.3 Å². The molecule has 0 fully saturated rings. The van der Waals surface area contributed by atoms with E-state index in [0.717, 1.165) is 17.0 Å². The first-order valence-corrected chi connectivity index (χ1v) is 9.02. The Labute approximate surface area is 136 Å². The average molecular weight is 349 g/mol. The zero-order chi connectivity index (χ0) is 16.9. The van der Waals surface area contributed by atoms with Gasteiger partial charge in [-0.1, -0.05) is 18.5 Å². The summed E-state index contributed by atoms with van der Waals surface area (Å²) in [5, 5.41) is 3.09. The van der Waals surface area contributed by atoms with Gasteiger partial charge in [0.1, 0.15) is 12.3 Å². The van der Waals surface area contributed by atoms with Crippen LogP contribution in [0.2, 0.25) is 5.02 Å². The zero-order valence-electron chi connectivity index (χ0n) is 13.1. The summed E-state index contributed by atoms with van der Waals surface area (Å²) in [5.74, 6) is -0.0621. The highest BCUT2D eigenvalue weighted by Crippen LogP contribution is 2.32. The van der Waals surface area contributed by atoms with Crippen molar-refractivity contribution in [1.82, 2.24) is 5.32 Å². The van der Waals surface area contributed by atoms with E-state index in [4.69, 9.17) is 16.3 Å². The number of hydrogen-bond donors (Lipinski definition) is 1. The van der Waals surface area contributed by atoms with Gasteiger partial charge in [0.2, 0.25) is 15.9 Å². The smallest absolute Gasteiger partial charge is 0.240 e. The quantitative estimate of drug-likeness (QED) is 0.818. The Morgan fingerprint density at radius 2 is 2.09 bits per heavy atom. The summed E-state index contributed by atoms with van der Waals surface area (Å²) in [7, 11) is -2.25. The Morgan fingerprint density at radius 3 is 2.59 bits per heavy atom. The SMILES string of the molecule is CC[C@H](C)NC(=O)CN(c1cc(Cl)ccc1OC)S(C)(=O)=O. The van der Waals surface area contributed by atoms with Crippen LogP contribution in [0.25, 0.3) is 0 Å². The standard InChI is InChI=1S/C14H21ClN2O4S/c1-5-10(2)16-14(18)9-17(22(4,19)20)12-8-11(15)6-7-13(12)21-3/h6-8,10H,5,9H2,1-4H3,(H,16,18)/t10-/m0/s1. The van der Waals surface area contributed by atoms with Crippen LogP contribution in [0, 0.1) is 0 Å². The molecule has 0 spiro atoms. The summed E-state index contributed by atoms with van der Waals surface area (Å²) in [6.07, 6.45) is 1.79. The van der Waals surface area contributed by atoms with Crippen molar-refractivity contribution >= 4 is 33.2 Å². The van der Waals surface area contributed by atoms with Gasteiger partial charge in [0.25, 0.3) is 0 Å². The second kappa shape index (κ2) is 7.69. The molecule has 0 radical (unpaired) electrons. The molecule has 6 nitrogen and oxygen atoms in total. The van der Waals surface area contributed by atoms with Crippen LogP contribution in [0.15, 0.2) is 18.2 Å². The molecule has 0 unspecified atom stereocenters. The lowest BCUT2D eigenvalue weighted by Gasteiger charge is -2.24. The summed E-state index contributed by atoms with van der Waals surface area (Å²) >= 11 is 5.93. The van der Waals surface area contributed by atoms with Crippen LogP contribution in [0.5, 0.6) is 5.75 Å². The Kier molecular flexibility index (Phi) is 6.49. The van der Waals surface area contributed by atoms with Crippen molar-refractivity contribution in [2.45, 2.75) is 26.3 Å². The fraction of sp³-hybridized carbons (Fsp3) is 0.500. The number of anilines is 1. The van der Waals surface area contributed by atoms with Crippen molar-refractivity contribution in [3.63, 3.8) is 0 Å². The number of carbonyl (C=O) groups excluding carboxylic acids is 1. The summed E-state index contributed by atoms with van der Waals surface area (Å²) in [6, 6.07) is 4.57. The molecule has 1 N–H and O–H groups in total. The minimum Gasteiger partial charge on any atom is -0.495 e. The molecule has 1 atom stereocenters. The van der Waals surface area contributed by atoms with Crippen LogP contribution >= 0.6 is 11.6 Å². The van der Waals surface area contributed by atoms with Gasteiger partial charge in [0, 0.05) is 11.1 Å². The highest BCUT2D eigenvalue weighted by atomic mass is 35.5. The van der Waals surface area contributed by atoms with Crippen LogP contribution in [0.1, 0.15) is 20.3 Å². The lowest BCUT2D eigenvalue weighted by molar-refractivity contribution is -0.120. The second-order valence-corrected chi connectivity index (χ2v) is 7.31. The van der Waals surface area contributed by atoms with Crippen molar-refractivity contribution in [2.24, 2.45) is 0 Å².